The van der Waals surface area contributed by atoms with Gasteiger partial charge in [-0.3, -0.25) is 0 Å². The molecule has 0 aromatic heterocycles. The summed E-state index contributed by atoms with van der Waals surface area (Å²) < 4.78 is 11.6. The first-order chi connectivity index (χ1) is 11.4. The van der Waals surface area contributed by atoms with E-state index in [-0.39, 0.29) is 18.5 Å². The van der Waals surface area contributed by atoms with Gasteiger partial charge in [-0.1, -0.05) is 29.3 Å². The number of halogens is 2. The summed E-state index contributed by atoms with van der Waals surface area (Å²) in [6.45, 7) is 2.08. The van der Waals surface area contributed by atoms with Gasteiger partial charge in [0.15, 0.2) is 5.41 Å². The van der Waals surface area contributed by atoms with Crippen LogP contribution in [0.4, 0.5) is 0 Å². The van der Waals surface area contributed by atoms with Gasteiger partial charge in [0, 0.05) is 16.0 Å². The second kappa shape index (κ2) is 4.62. The van der Waals surface area contributed by atoms with E-state index in [1.807, 2.05) is 6.92 Å². The van der Waals surface area contributed by atoms with Gasteiger partial charge in [-0.25, -0.2) is 4.99 Å². The molecule has 5 atom stereocenters. The molecule has 6 nitrogen and oxygen atoms in total. The maximum absolute atomic E-state index is 10.0. The maximum atomic E-state index is 10.0. The fraction of sp³-hybridized carbons (Fsp3) is 0.438. The van der Waals surface area contributed by atoms with Crippen LogP contribution in [0, 0.1) is 33.5 Å². The average molecular weight is 363 g/mol. The highest BCUT2D eigenvalue weighted by molar-refractivity contribution is 6.35. The lowest BCUT2D eigenvalue weighted by atomic mass is 9.94. The Labute approximate surface area is 148 Å². The second-order valence-electron chi connectivity index (χ2n) is 6.26. The molecule has 5 unspecified atom stereocenters. The molecule has 2 aliphatic heterocycles. The molecule has 1 saturated heterocycles. The predicted molar refractivity (Wildman–Crippen MR) is 86.1 cm³/mol. The summed E-state index contributed by atoms with van der Waals surface area (Å²) in [7, 11) is 0. The predicted octanol–water partition coefficient (Wildman–Crippen LogP) is 2.57. The molecular weight excluding hydrogens is 351 g/mol. The van der Waals surface area contributed by atoms with E-state index in [4.69, 9.17) is 38.4 Å². The number of fused-ring (bicyclic) bond motifs is 2. The van der Waals surface area contributed by atoms with Crippen molar-refractivity contribution in [1.82, 2.24) is 0 Å². The van der Waals surface area contributed by atoms with Crippen LogP contribution in [0.1, 0.15) is 18.4 Å². The molecule has 2 heterocycles. The van der Waals surface area contributed by atoms with Crippen molar-refractivity contribution >= 4 is 29.0 Å². The van der Waals surface area contributed by atoms with Crippen molar-refractivity contribution in [1.29, 1.82) is 10.5 Å². The molecular formula is C16H12Cl2N4O2. The van der Waals surface area contributed by atoms with Gasteiger partial charge in [0.1, 0.15) is 11.3 Å². The van der Waals surface area contributed by atoms with Crippen LogP contribution in [-0.2, 0) is 9.47 Å². The molecule has 2 N–H and O–H groups in total. The molecule has 122 valence electrons. The number of nitriles is 2. The van der Waals surface area contributed by atoms with Gasteiger partial charge < -0.3 is 15.2 Å². The van der Waals surface area contributed by atoms with Crippen molar-refractivity contribution in [2.45, 2.75) is 24.9 Å². The normalized spacial score (nSPS) is 42.3. The SMILES string of the molecule is CC1COC2(N=C(N)C3(C#N)C(c4ccc(Cl)cc4Cl)C23C#N)O1. The molecule has 0 radical (unpaired) electrons. The Balaban J connectivity index is 1.94. The molecule has 0 bridgehead atoms. The van der Waals surface area contributed by atoms with Crippen LogP contribution in [0.3, 0.4) is 0 Å². The fourth-order valence-electron chi connectivity index (χ4n) is 4.06. The smallest absolute Gasteiger partial charge is 0.293 e. The molecule has 1 spiro atoms. The number of amidine groups is 1. The van der Waals surface area contributed by atoms with Crippen LogP contribution in [0.25, 0.3) is 0 Å². The average Bonchev–Trinajstić information content (AvgIpc) is 2.90. The molecule has 4 rings (SSSR count). The first kappa shape index (κ1) is 15.7. The van der Waals surface area contributed by atoms with E-state index in [1.54, 1.807) is 18.2 Å². The summed E-state index contributed by atoms with van der Waals surface area (Å²) in [5.74, 6) is -2.14. The minimum atomic E-state index is -1.57. The number of aliphatic imine (C=N–C) groups is 1. The zero-order chi connectivity index (χ0) is 17.3. The summed E-state index contributed by atoms with van der Waals surface area (Å²) in [5.41, 5.74) is 3.98. The minimum Gasteiger partial charge on any atom is -0.386 e. The van der Waals surface area contributed by atoms with Gasteiger partial charge in [0.25, 0.3) is 5.91 Å². The van der Waals surface area contributed by atoms with Gasteiger partial charge in [0.2, 0.25) is 0 Å². The minimum absolute atomic E-state index is 0.0386. The van der Waals surface area contributed by atoms with Crippen molar-refractivity contribution < 1.29 is 9.47 Å². The second-order valence-corrected chi connectivity index (χ2v) is 7.10. The van der Waals surface area contributed by atoms with E-state index in [0.29, 0.717) is 15.6 Å². The number of benzene rings is 1. The summed E-state index contributed by atoms with van der Waals surface area (Å²) in [5, 5.41) is 20.7. The summed E-state index contributed by atoms with van der Waals surface area (Å²) in [4.78, 5) is 4.25. The lowest BCUT2D eigenvalue weighted by molar-refractivity contribution is -0.193. The van der Waals surface area contributed by atoms with E-state index in [2.05, 4.69) is 17.1 Å². The van der Waals surface area contributed by atoms with Gasteiger partial charge in [-0.05, 0) is 24.6 Å². The van der Waals surface area contributed by atoms with E-state index in [9.17, 15) is 10.5 Å². The van der Waals surface area contributed by atoms with Crippen LogP contribution >= 0.6 is 23.2 Å². The van der Waals surface area contributed by atoms with Crippen molar-refractivity contribution in [3.05, 3.63) is 33.8 Å². The standard InChI is InChI=1S/C16H12Cl2N4O2/c1-8-5-23-16(24-8)15(7-20)12(14(15,6-19)13(21)22-16)10-3-2-9(17)4-11(10)18/h2-4,8,12H,5H2,1H3,(H2,21,22). The Hall–Kier alpha value is -1.83. The Morgan fingerprint density at radius 2 is 2.08 bits per heavy atom. The van der Waals surface area contributed by atoms with Gasteiger partial charge in [-0.15, -0.1) is 0 Å². The van der Waals surface area contributed by atoms with Crippen LogP contribution in [0.15, 0.2) is 23.2 Å². The lowest BCUT2D eigenvalue weighted by Crippen LogP contribution is -2.39. The van der Waals surface area contributed by atoms with Gasteiger partial charge >= 0.3 is 0 Å². The lowest BCUT2D eigenvalue weighted by Gasteiger charge is -2.26. The highest BCUT2D eigenvalue weighted by Crippen LogP contribution is 2.83. The third-order valence-electron chi connectivity index (χ3n) is 5.08. The van der Waals surface area contributed by atoms with E-state index >= 15 is 0 Å². The molecule has 3 aliphatic rings. The van der Waals surface area contributed by atoms with E-state index < -0.39 is 22.7 Å². The first-order valence-electron chi connectivity index (χ1n) is 7.33. The third kappa shape index (κ3) is 1.46. The molecule has 1 aromatic carbocycles. The molecule has 0 amide bonds. The third-order valence-corrected chi connectivity index (χ3v) is 5.64. The summed E-state index contributed by atoms with van der Waals surface area (Å²) in [6, 6.07) is 9.33. The van der Waals surface area contributed by atoms with Gasteiger partial charge in [0.05, 0.1) is 24.8 Å². The topological polar surface area (TPSA) is 104 Å². The van der Waals surface area contributed by atoms with E-state index in [0.717, 1.165) is 0 Å². The molecule has 24 heavy (non-hydrogen) atoms. The Morgan fingerprint density at radius 3 is 2.62 bits per heavy atom. The Bertz CT molecular complexity index is 876. The number of nitrogens with two attached hydrogens (primary N) is 1. The van der Waals surface area contributed by atoms with Crippen molar-refractivity contribution in [3.63, 3.8) is 0 Å². The summed E-state index contributed by atoms with van der Waals surface area (Å²) in [6.07, 6.45) is -0.261. The van der Waals surface area contributed by atoms with E-state index in [1.165, 1.54) is 0 Å². The van der Waals surface area contributed by atoms with Crippen molar-refractivity contribution in [3.8, 4) is 12.1 Å². The van der Waals surface area contributed by atoms with Gasteiger partial charge in [-0.2, -0.15) is 10.5 Å². The monoisotopic (exact) mass is 362 g/mol. The fourth-order valence-corrected chi connectivity index (χ4v) is 4.58. The van der Waals surface area contributed by atoms with Crippen LogP contribution in [0.2, 0.25) is 10.0 Å². The number of ether oxygens (including phenoxy) is 2. The zero-order valence-electron chi connectivity index (χ0n) is 12.6. The Kier molecular flexibility index (Phi) is 3.02. The number of rotatable bonds is 1. The number of hydrogen-bond acceptors (Lipinski definition) is 6. The van der Waals surface area contributed by atoms with Crippen molar-refractivity contribution in [2.75, 3.05) is 6.61 Å². The highest BCUT2D eigenvalue weighted by atomic mass is 35.5. The zero-order valence-corrected chi connectivity index (χ0v) is 14.1. The maximum Gasteiger partial charge on any atom is 0.293 e. The highest BCUT2D eigenvalue weighted by Gasteiger charge is 2.94. The molecule has 2 fully saturated rings. The summed E-state index contributed by atoms with van der Waals surface area (Å²) >= 11 is 12.3. The van der Waals surface area contributed by atoms with Crippen LogP contribution in [-0.4, -0.2) is 24.5 Å². The van der Waals surface area contributed by atoms with Crippen molar-refractivity contribution in [2.24, 2.45) is 21.6 Å². The van der Waals surface area contributed by atoms with Crippen LogP contribution in [0.5, 0.6) is 0 Å². The molecule has 1 aromatic rings. The number of hydrogen-bond donors (Lipinski definition) is 1. The quantitative estimate of drug-likeness (QED) is 0.826. The molecule has 1 aliphatic carbocycles. The molecule has 1 saturated carbocycles. The number of nitrogens with zero attached hydrogens (tertiary/aromatic N) is 3. The molecule has 8 heteroatoms. The largest absolute Gasteiger partial charge is 0.386 e. The van der Waals surface area contributed by atoms with Crippen LogP contribution < -0.4 is 5.73 Å². The first-order valence-corrected chi connectivity index (χ1v) is 8.09. The Morgan fingerprint density at radius 1 is 1.33 bits per heavy atom.